The molecule has 3 nitrogen and oxygen atoms in total. The van der Waals surface area contributed by atoms with Crippen LogP contribution in [0.3, 0.4) is 0 Å². The highest BCUT2D eigenvalue weighted by Crippen LogP contribution is 2.24. The fraction of sp³-hybridized carbons (Fsp3) is 0.800. The monoisotopic (exact) mass is 186 g/mol. The molecule has 3 heteroatoms. The fourth-order valence-corrected chi connectivity index (χ4v) is 1.33. The van der Waals surface area contributed by atoms with Crippen molar-refractivity contribution in [3.63, 3.8) is 0 Å². The van der Waals surface area contributed by atoms with E-state index in [-0.39, 0.29) is 6.10 Å². The molecule has 1 heterocycles. The summed E-state index contributed by atoms with van der Waals surface area (Å²) in [6.07, 6.45) is 0.992. The average molecular weight is 186 g/mol. The number of hydrogen-bond donors (Lipinski definition) is 1. The van der Waals surface area contributed by atoms with Crippen LogP contribution in [0, 0.1) is 0 Å². The van der Waals surface area contributed by atoms with Crippen LogP contribution in [0.25, 0.3) is 0 Å². The molecule has 0 aliphatic carbocycles. The zero-order valence-electron chi connectivity index (χ0n) is 8.70. The second-order valence-corrected chi connectivity index (χ2v) is 4.10. The molecule has 0 amide bonds. The summed E-state index contributed by atoms with van der Waals surface area (Å²) in [6, 6.07) is 0. The lowest BCUT2D eigenvalue weighted by Gasteiger charge is -2.18. The molecule has 0 unspecified atom stereocenters. The number of ether oxygens (including phenoxy) is 2. The number of aliphatic hydroxyl groups excluding tert-OH is 1. The SMILES string of the molecule is CC(C)=C[C@H](O)[C@H]1COC(C)(C)O1. The van der Waals surface area contributed by atoms with Crippen LogP contribution in [0.2, 0.25) is 0 Å². The van der Waals surface area contributed by atoms with Gasteiger partial charge in [-0.3, -0.25) is 0 Å². The van der Waals surface area contributed by atoms with Crippen LogP contribution in [-0.2, 0) is 9.47 Å². The first-order valence-corrected chi connectivity index (χ1v) is 4.55. The summed E-state index contributed by atoms with van der Waals surface area (Å²) in [6.45, 7) is 8.05. The summed E-state index contributed by atoms with van der Waals surface area (Å²) in [5.74, 6) is -0.554. The molecule has 0 aromatic carbocycles. The minimum absolute atomic E-state index is 0.232. The van der Waals surface area contributed by atoms with Crippen molar-refractivity contribution in [3.05, 3.63) is 11.6 Å². The summed E-state index contributed by atoms with van der Waals surface area (Å²) in [5, 5.41) is 9.67. The predicted octanol–water partition coefficient (Wildman–Crippen LogP) is 1.46. The summed E-state index contributed by atoms with van der Waals surface area (Å²) in [7, 11) is 0. The molecule has 76 valence electrons. The number of allylic oxidation sites excluding steroid dienone is 1. The van der Waals surface area contributed by atoms with Gasteiger partial charge in [-0.15, -0.1) is 0 Å². The lowest BCUT2D eigenvalue weighted by Crippen LogP contribution is -2.29. The van der Waals surface area contributed by atoms with Gasteiger partial charge in [-0.2, -0.15) is 0 Å². The zero-order valence-corrected chi connectivity index (χ0v) is 8.70. The Bertz CT molecular complexity index is 204. The molecule has 1 saturated heterocycles. The summed E-state index contributed by atoms with van der Waals surface area (Å²) < 4.78 is 10.8. The highest BCUT2D eigenvalue weighted by molar-refractivity contribution is 5.01. The van der Waals surface area contributed by atoms with Crippen molar-refractivity contribution < 1.29 is 14.6 Å². The van der Waals surface area contributed by atoms with Gasteiger partial charge in [0.15, 0.2) is 5.79 Å². The van der Waals surface area contributed by atoms with Gasteiger partial charge in [0.25, 0.3) is 0 Å². The van der Waals surface area contributed by atoms with Gasteiger partial charge in [0.05, 0.1) is 6.61 Å². The molecule has 1 N–H and O–H groups in total. The first-order valence-electron chi connectivity index (χ1n) is 4.55. The lowest BCUT2D eigenvalue weighted by atomic mass is 10.1. The predicted molar refractivity (Wildman–Crippen MR) is 50.3 cm³/mol. The smallest absolute Gasteiger partial charge is 0.163 e. The van der Waals surface area contributed by atoms with Crippen LogP contribution >= 0.6 is 0 Å². The van der Waals surface area contributed by atoms with Gasteiger partial charge in [-0.1, -0.05) is 11.6 Å². The van der Waals surface area contributed by atoms with E-state index in [9.17, 15) is 5.11 Å². The van der Waals surface area contributed by atoms with E-state index in [1.165, 1.54) is 0 Å². The van der Waals surface area contributed by atoms with E-state index in [1.807, 2.05) is 27.7 Å². The molecule has 1 aliphatic heterocycles. The van der Waals surface area contributed by atoms with Crippen LogP contribution < -0.4 is 0 Å². The largest absolute Gasteiger partial charge is 0.386 e. The van der Waals surface area contributed by atoms with Crippen molar-refractivity contribution in [2.75, 3.05) is 6.61 Å². The third-order valence-corrected chi connectivity index (χ3v) is 1.92. The Hall–Kier alpha value is -0.380. The van der Waals surface area contributed by atoms with Crippen LogP contribution in [0.5, 0.6) is 0 Å². The Balaban J connectivity index is 2.51. The Kier molecular flexibility index (Phi) is 3.11. The normalized spacial score (nSPS) is 28.5. The van der Waals surface area contributed by atoms with Crippen molar-refractivity contribution in [1.82, 2.24) is 0 Å². The van der Waals surface area contributed by atoms with Gasteiger partial charge in [-0.05, 0) is 27.7 Å². The topological polar surface area (TPSA) is 38.7 Å². The number of rotatable bonds is 2. The molecule has 1 aliphatic rings. The molecular formula is C10H18O3. The molecule has 0 radical (unpaired) electrons. The molecule has 0 saturated carbocycles. The van der Waals surface area contributed by atoms with Crippen LogP contribution in [0.15, 0.2) is 11.6 Å². The summed E-state index contributed by atoms with van der Waals surface area (Å²) >= 11 is 0. The summed E-state index contributed by atoms with van der Waals surface area (Å²) in [4.78, 5) is 0. The third-order valence-electron chi connectivity index (χ3n) is 1.92. The Morgan fingerprint density at radius 1 is 1.54 bits per heavy atom. The maximum atomic E-state index is 9.67. The van der Waals surface area contributed by atoms with Crippen LogP contribution in [0.1, 0.15) is 27.7 Å². The van der Waals surface area contributed by atoms with E-state index in [1.54, 1.807) is 6.08 Å². The molecule has 0 spiro atoms. The van der Waals surface area contributed by atoms with Gasteiger partial charge >= 0.3 is 0 Å². The first-order chi connectivity index (χ1) is 5.91. The Morgan fingerprint density at radius 3 is 2.54 bits per heavy atom. The average Bonchev–Trinajstić information content (AvgIpc) is 2.28. The minimum Gasteiger partial charge on any atom is -0.386 e. The molecular weight excluding hydrogens is 168 g/mol. The van der Waals surface area contributed by atoms with Crippen molar-refractivity contribution in [3.8, 4) is 0 Å². The van der Waals surface area contributed by atoms with Gasteiger partial charge in [-0.25, -0.2) is 0 Å². The molecule has 1 rings (SSSR count). The summed E-state index contributed by atoms with van der Waals surface area (Å²) in [5.41, 5.74) is 1.08. The maximum Gasteiger partial charge on any atom is 0.163 e. The van der Waals surface area contributed by atoms with Crippen molar-refractivity contribution in [2.45, 2.75) is 45.7 Å². The van der Waals surface area contributed by atoms with E-state index in [4.69, 9.17) is 9.47 Å². The zero-order chi connectivity index (χ0) is 10.1. The van der Waals surface area contributed by atoms with Gasteiger partial charge < -0.3 is 14.6 Å². The van der Waals surface area contributed by atoms with E-state index in [0.717, 1.165) is 5.57 Å². The molecule has 0 bridgehead atoms. The van der Waals surface area contributed by atoms with Crippen molar-refractivity contribution >= 4 is 0 Å². The quantitative estimate of drug-likeness (QED) is 0.664. The molecule has 0 aromatic heterocycles. The lowest BCUT2D eigenvalue weighted by molar-refractivity contribution is -0.147. The van der Waals surface area contributed by atoms with Crippen LogP contribution in [-0.4, -0.2) is 29.7 Å². The van der Waals surface area contributed by atoms with Crippen LogP contribution in [0.4, 0.5) is 0 Å². The van der Waals surface area contributed by atoms with Gasteiger partial charge in [0.2, 0.25) is 0 Å². The second-order valence-electron chi connectivity index (χ2n) is 4.10. The first kappa shape index (κ1) is 10.7. The van der Waals surface area contributed by atoms with E-state index >= 15 is 0 Å². The van der Waals surface area contributed by atoms with E-state index in [0.29, 0.717) is 6.61 Å². The van der Waals surface area contributed by atoms with Crippen molar-refractivity contribution in [1.29, 1.82) is 0 Å². The second kappa shape index (κ2) is 3.78. The highest BCUT2D eigenvalue weighted by atomic mass is 16.7. The van der Waals surface area contributed by atoms with E-state index in [2.05, 4.69) is 0 Å². The maximum absolute atomic E-state index is 9.67. The third kappa shape index (κ3) is 3.10. The molecule has 2 atom stereocenters. The van der Waals surface area contributed by atoms with Gasteiger partial charge in [0, 0.05) is 0 Å². The van der Waals surface area contributed by atoms with Crippen molar-refractivity contribution in [2.24, 2.45) is 0 Å². The molecule has 0 aromatic rings. The standard InChI is InChI=1S/C10H18O3/c1-7(2)5-8(11)9-6-12-10(3,4)13-9/h5,8-9,11H,6H2,1-4H3/t8-,9+/m0/s1. The number of hydrogen-bond acceptors (Lipinski definition) is 3. The molecule has 13 heavy (non-hydrogen) atoms. The minimum atomic E-state index is -0.563. The Morgan fingerprint density at radius 2 is 2.15 bits per heavy atom. The highest BCUT2D eigenvalue weighted by Gasteiger charge is 2.35. The van der Waals surface area contributed by atoms with E-state index < -0.39 is 11.9 Å². The molecule has 1 fully saturated rings. The number of aliphatic hydroxyl groups is 1. The Labute approximate surface area is 79.3 Å². The fourth-order valence-electron chi connectivity index (χ4n) is 1.33. The van der Waals surface area contributed by atoms with Gasteiger partial charge in [0.1, 0.15) is 12.2 Å².